The second-order valence-corrected chi connectivity index (χ2v) is 10.6. The van der Waals surface area contributed by atoms with E-state index in [1.165, 1.54) is 43.6 Å². The number of aromatic amines is 2. The molecule has 0 radical (unpaired) electrons. The van der Waals surface area contributed by atoms with E-state index in [4.69, 9.17) is 4.99 Å². The van der Waals surface area contributed by atoms with Gasteiger partial charge in [0.05, 0.1) is 40.1 Å². The van der Waals surface area contributed by atoms with Gasteiger partial charge < -0.3 is 20.0 Å². The maximum absolute atomic E-state index is 11.6. The molecule has 2 aromatic heterocycles. The van der Waals surface area contributed by atoms with Crippen molar-refractivity contribution in [1.29, 1.82) is 0 Å². The zero-order valence-corrected chi connectivity index (χ0v) is 23.2. The van der Waals surface area contributed by atoms with E-state index >= 15 is 0 Å². The number of aliphatic imine (C=N–C) groups is 1. The van der Waals surface area contributed by atoms with Crippen molar-refractivity contribution < 1.29 is 10.0 Å². The topological polar surface area (TPSA) is 123 Å². The Morgan fingerprint density at radius 1 is 1.05 bits per heavy atom. The Labute approximate surface area is 243 Å². The minimum Gasteiger partial charge on any atom is -0.494 e. The number of hydrogen-bond donors (Lipinski definition) is 3. The van der Waals surface area contributed by atoms with Gasteiger partial charge in [-0.05, 0) is 80.7 Å². The number of likely N-dealkylation sites (tertiary alicyclic amines) is 1. The summed E-state index contributed by atoms with van der Waals surface area (Å²) in [6, 6.07) is 20.5. The first kappa shape index (κ1) is 27.2. The molecule has 1 saturated heterocycles. The minimum atomic E-state index is -0.434. The molecule has 212 valence electrons. The number of nitrogens with one attached hydrogen (secondary N) is 2. The summed E-state index contributed by atoms with van der Waals surface area (Å²) in [6.07, 6.45) is 12.0. The normalized spacial score (nSPS) is 14.3. The highest BCUT2D eigenvalue weighted by molar-refractivity contribution is 6.22. The lowest BCUT2D eigenvalue weighted by molar-refractivity contribution is -0.384. The van der Waals surface area contributed by atoms with Gasteiger partial charge >= 0.3 is 0 Å². The maximum atomic E-state index is 11.6. The van der Waals surface area contributed by atoms with Gasteiger partial charge in [0.25, 0.3) is 5.69 Å². The Balaban J connectivity index is 1.33. The molecule has 1 aliphatic heterocycles. The summed E-state index contributed by atoms with van der Waals surface area (Å²) in [7, 11) is 0. The molecule has 3 N–H and O–H groups in total. The molecule has 9 nitrogen and oxygen atoms in total. The van der Waals surface area contributed by atoms with Gasteiger partial charge in [-0.3, -0.25) is 10.1 Å². The number of rotatable bonds is 10. The Bertz CT molecular complexity index is 1730. The first-order valence-electron chi connectivity index (χ1n) is 14.2. The van der Waals surface area contributed by atoms with E-state index in [0.29, 0.717) is 27.9 Å². The van der Waals surface area contributed by atoms with Crippen LogP contribution in [0.1, 0.15) is 47.2 Å². The Morgan fingerprint density at radius 3 is 2.55 bits per heavy atom. The summed E-state index contributed by atoms with van der Waals surface area (Å²) in [5.74, 6) is -0.0851. The van der Waals surface area contributed by atoms with Crippen LogP contribution in [0.15, 0.2) is 84.2 Å². The molecule has 0 atom stereocenters. The average molecular weight is 561 g/mol. The van der Waals surface area contributed by atoms with Crippen LogP contribution in [0, 0.1) is 10.1 Å². The third kappa shape index (κ3) is 6.16. The number of fused-ring (bicyclic) bond motifs is 1. The lowest BCUT2D eigenvalue weighted by Crippen LogP contribution is -2.20. The van der Waals surface area contributed by atoms with Crippen LogP contribution in [0.2, 0.25) is 0 Å². The summed E-state index contributed by atoms with van der Waals surface area (Å²) >= 11 is 0. The first-order chi connectivity index (χ1) is 20.5. The highest BCUT2D eigenvalue weighted by Gasteiger charge is 2.21. The highest BCUT2D eigenvalue weighted by Crippen LogP contribution is 2.34. The molecule has 9 heteroatoms. The predicted octanol–water partition coefficient (Wildman–Crippen LogP) is 6.87. The molecule has 1 fully saturated rings. The number of nitro benzene ring substituents is 1. The van der Waals surface area contributed by atoms with Gasteiger partial charge in [0, 0.05) is 28.6 Å². The molecule has 0 bridgehead atoms. The molecule has 1 aliphatic rings. The Morgan fingerprint density at radius 2 is 1.83 bits per heavy atom. The number of benzene rings is 3. The maximum Gasteiger partial charge on any atom is 0.270 e. The zero-order chi connectivity index (χ0) is 28.9. The van der Waals surface area contributed by atoms with Gasteiger partial charge in [-0.2, -0.15) is 0 Å². The smallest absolute Gasteiger partial charge is 0.270 e. The first-order valence-corrected chi connectivity index (χ1v) is 14.2. The zero-order valence-electron chi connectivity index (χ0n) is 23.2. The molecule has 0 unspecified atom stereocenters. The van der Waals surface area contributed by atoms with Crippen molar-refractivity contribution in [3.05, 3.63) is 117 Å². The molecule has 0 aliphatic carbocycles. The highest BCUT2D eigenvalue weighted by atomic mass is 16.6. The molecule has 0 saturated carbocycles. The Kier molecular flexibility index (Phi) is 7.91. The number of imidazole rings is 1. The van der Waals surface area contributed by atoms with Crippen molar-refractivity contribution >= 4 is 40.1 Å². The van der Waals surface area contributed by atoms with Crippen LogP contribution >= 0.6 is 0 Å². The van der Waals surface area contributed by atoms with Crippen LogP contribution in [0.25, 0.3) is 23.1 Å². The van der Waals surface area contributed by atoms with Crippen LogP contribution < -0.4 is 0 Å². The number of hydrogen-bond acceptors (Lipinski definition) is 6. The van der Waals surface area contributed by atoms with Gasteiger partial charge in [-0.15, -0.1) is 0 Å². The lowest BCUT2D eigenvalue weighted by Gasteiger charge is -2.14. The van der Waals surface area contributed by atoms with Crippen LogP contribution in [-0.2, 0) is 6.42 Å². The second-order valence-electron chi connectivity index (χ2n) is 10.6. The molecule has 0 spiro atoms. The van der Waals surface area contributed by atoms with Gasteiger partial charge in [0.15, 0.2) is 5.88 Å². The number of nitrogens with zero attached hydrogens (tertiary/aromatic N) is 4. The standard InChI is InChI=1S/C33H32N6O3/c40-33-31(29-20-28(39(41)42)15-16-30(29)37-33)32(25-10-5-23(6-11-25)4-3-19-38-17-1-2-18-38)36-26-12-7-24(8-13-26)9-14-27-21-34-22-35-27/h5-16,20-22,37,40H,1-4,17-19H2,(H,34,35). The summed E-state index contributed by atoms with van der Waals surface area (Å²) < 4.78 is 0. The van der Waals surface area contributed by atoms with Crippen LogP contribution in [-0.4, -0.2) is 55.2 Å². The van der Waals surface area contributed by atoms with E-state index in [0.717, 1.165) is 36.2 Å². The van der Waals surface area contributed by atoms with E-state index in [1.807, 2.05) is 48.6 Å². The Hall–Kier alpha value is -5.02. The SMILES string of the molecule is O=[N+]([O-])c1ccc2[nH]c(O)c(C(=Nc3ccc(C=Cc4cnc[nH]4)cc3)c3ccc(CCCN4CCCC4)cc3)c2c1. The van der Waals surface area contributed by atoms with Gasteiger partial charge in [-0.1, -0.05) is 42.5 Å². The second kappa shape index (κ2) is 12.2. The predicted molar refractivity (Wildman–Crippen MR) is 166 cm³/mol. The van der Waals surface area contributed by atoms with Crippen molar-refractivity contribution in [2.75, 3.05) is 19.6 Å². The van der Waals surface area contributed by atoms with Crippen molar-refractivity contribution in [3.8, 4) is 5.88 Å². The molecular weight excluding hydrogens is 528 g/mol. The lowest BCUT2D eigenvalue weighted by atomic mass is 9.98. The van der Waals surface area contributed by atoms with E-state index in [2.05, 4.69) is 32.0 Å². The van der Waals surface area contributed by atoms with Gasteiger partial charge in [0.1, 0.15) is 0 Å². The van der Waals surface area contributed by atoms with Gasteiger partial charge in [0.2, 0.25) is 0 Å². The molecule has 5 aromatic rings. The molecule has 6 rings (SSSR count). The summed E-state index contributed by atoms with van der Waals surface area (Å²) in [4.78, 5) is 28.7. The fraction of sp³-hybridized carbons (Fsp3) is 0.212. The third-order valence-corrected chi connectivity index (χ3v) is 7.68. The third-order valence-electron chi connectivity index (χ3n) is 7.68. The van der Waals surface area contributed by atoms with Crippen molar-refractivity contribution in [2.24, 2.45) is 4.99 Å². The molecule has 0 amide bonds. The minimum absolute atomic E-state index is 0.0520. The van der Waals surface area contributed by atoms with Crippen molar-refractivity contribution in [3.63, 3.8) is 0 Å². The quantitative estimate of drug-likeness (QED) is 0.0977. The monoisotopic (exact) mass is 560 g/mol. The van der Waals surface area contributed by atoms with Crippen LogP contribution in [0.3, 0.4) is 0 Å². The average Bonchev–Trinajstić information content (AvgIpc) is 3.78. The number of H-pyrrole nitrogens is 2. The molecule has 3 aromatic carbocycles. The van der Waals surface area contributed by atoms with Crippen molar-refractivity contribution in [2.45, 2.75) is 25.7 Å². The summed E-state index contributed by atoms with van der Waals surface area (Å²) in [6.45, 7) is 3.52. The largest absolute Gasteiger partial charge is 0.494 e. The van der Waals surface area contributed by atoms with Gasteiger partial charge in [-0.25, -0.2) is 9.98 Å². The summed E-state index contributed by atoms with van der Waals surface area (Å²) in [5.41, 5.74) is 6.15. The van der Waals surface area contributed by atoms with Crippen molar-refractivity contribution in [1.82, 2.24) is 19.9 Å². The fourth-order valence-electron chi connectivity index (χ4n) is 5.46. The van der Waals surface area contributed by atoms with Crippen LogP contribution in [0.4, 0.5) is 11.4 Å². The van der Waals surface area contributed by atoms with E-state index in [9.17, 15) is 15.2 Å². The molecule has 42 heavy (non-hydrogen) atoms. The van der Waals surface area contributed by atoms with E-state index < -0.39 is 4.92 Å². The number of aromatic hydroxyl groups is 1. The van der Waals surface area contributed by atoms with E-state index in [1.54, 1.807) is 18.6 Å². The fourth-order valence-corrected chi connectivity index (χ4v) is 5.46. The van der Waals surface area contributed by atoms with Crippen LogP contribution in [0.5, 0.6) is 5.88 Å². The molecule has 3 heterocycles. The van der Waals surface area contributed by atoms with E-state index in [-0.39, 0.29) is 11.6 Å². The number of non-ortho nitro benzene ring substituents is 1. The number of aromatic nitrogens is 3. The molecular formula is C33H32N6O3. The summed E-state index contributed by atoms with van der Waals surface area (Å²) in [5, 5.41) is 23.1. The number of aryl methyl sites for hydroxylation is 1. The number of nitro groups is 1.